The van der Waals surface area contributed by atoms with Gasteiger partial charge in [-0.3, -0.25) is 9.59 Å². The predicted molar refractivity (Wildman–Crippen MR) is 132 cm³/mol. The summed E-state index contributed by atoms with van der Waals surface area (Å²) in [7, 11) is 0. The molecule has 0 heterocycles. The highest BCUT2D eigenvalue weighted by Gasteiger charge is 2.12. The zero-order valence-corrected chi connectivity index (χ0v) is 19.5. The van der Waals surface area contributed by atoms with Crippen LogP contribution < -0.4 is 15.5 Å². The number of amides is 2. The summed E-state index contributed by atoms with van der Waals surface area (Å²) >= 11 is 12.0. The maximum absolute atomic E-state index is 12.3. The van der Waals surface area contributed by atoms with Crippen molar-refractivity contribution in [3.63, 3.8) is 0 Å². The number of nitrogens with one attached hydrogen (secondary N) is 2. The van der Waals surface area contributed by atoms with Crippen LogP contribution in [0.1, 0.15) is 39.1 Å². The first-order chi connectivity index (χ1) is 16.4. The number of rotatable bonds is 9. The lowest BCUT2D eigenvalue weighted by Crippen LogP contribution is -2.26. The smallest absolute Gasteiger partial charge is 0.345 e. The van der Waals surface area contributed by atoms with E-state index in [9.17, 15) is 14.4 Å². The van der Waals surface area contributed by atoms with Crippen molar-refractivity contribution in [1.29, 1.82) is 0 Å². The third kappa shape index (κ3) is 7.43. The van der Waals surface area contributed by atoms with Crippen LogP contribution in [0.4, 0.5) is 0 Å². The van der Waals surface area contributed by atoms with E-state index in [1.165, 1.54) is 6.21 Å². The summed E-state index contributed by atoms with van der Waals surface area (Å²) in [6.07, 6.45) is 2.05. The fourth-order valence-electron chi connectivity index (χ4n) is 2.87. The Labute approximate surface area is 206 Å². The predicted octanol–water partition coefficient (Wildman–Crippen LogP) is 4.87. The Balaban J connectivity index is 1.42. The van der Waals surface area contributed by atoms with Gasteiger partial charge in [0, 0.05) is 13.0 Å². The average molecular weight is 498 g/mol. The maximum Gasteiger partial charge on any atom is 0.345 e. The fraction of sp³-hybridized carbons (Fsp3) is 0.120. The van der Waals surface area contributed by atoms with E-state index in [1.54, 1.807) is 72.8 Å². The van der Waals surface area contributed by atoms with E-state index in [-0.39, 0.29) is 23.8 Å². The topological polar surface area (TPSA) is 96.9 Å². The molecule has 0 aromatic heterocycles. The minimum absolute atomic E-state index is 0.176. The quantitative estimate of drug-likeness (QED) is 0.145. The Morgan fingerprint density at radius 2 is 1.56 bits per heavy atom. The molecule has 0 aliphatic heterocycles. The molecule has 2 N–H and O–H groups in total. The number of hydrogen-bond donors (Lipinski definition) is 2. The molecule has 0 aliphatic rings. The molecule has 0 radical (unpaired) electrons. The number of benzene rings is 3. The van der Waals surface area contributed by atoms with E-state index >= 15 is 0 Å². The highest BCUT2D eigenvalue weighted by atomic mass is 35.5. The summed E-state index contributed by atoms with van der Waals surface area (Å²) in [5, 5.41) is 7.31. The molecule has 3 aromatic rings. The SMILES string of the molecule is O=C(CCCNC(=O)c1ccccc1Cl)NN=Cc1cccc(OC(=O)c2ccccc2Cl)c1. The number of hydrazone groups is 1. The number of carbonyl (C=O) groups excluding carboxylic acids is 3. The number of carbonyl (C=O) groups is 3. The molecule has 9 heteroatoms. The van der Waals surface area contributed by atoms with Gasteiger partial charge in [-0.15, -0.1) is 0 Å². The number of esters is 1. The Morgan fingerprint density at radius 3 is 2.26 bits per heavy atom. The van der Waals surface area contributed by atoms with Crippen LogP contribution in [-0.2, 0) is 4.79 Å². The fourth-order valence-corrected chi connectivity index (χ4v) is 3.31. The van der Waals surface area contributed by atoms with Gasteiger partial charge in [-0.2, -0.15) is 5.10 Å². The molecule has 7 nitrogen and oxygen atoms in total. The van der Waals surface area contributed by atoms with Crippen LogP contribution in [0.5, 0.6) is 5.75 Å². The van der Waals surface area contributed by atoms with E-state index in [0.717, 1.165) is 0 Å². The first kappa shape index (κ1) is 25.0. The summed E-state index contributed by atoms with van der Waals surface area (Å²) < 4.78 is 5.36. The van der Waals surface area contributed by atoms with Gasteiger partial charge in [-0.05, 0) is 48.4 Å². The number of nitrogens with zero attached hydrogens (tertiary/aromatic N) is 1. The zero-order chi connectivity index (χ0) is 24.3. The summed E-state index contributed by atoms with van der Waals surface area (Å²) in [4.78, 5) is 36.3. The molecule has 3 aromatic carbocycles. The van der Waals surface area contributed by atoms with Gasteiger partial charge in [0.25, 0.3) is 5.91 Å². The Bertz CT molecular complexity index is 1210. The average Bonchev–Trinajstić information content (AvgIpc) is 2.82. The molecule has 0 bridgehead atoms. The highest BCUT2D eigenvalue weighted by molar-refractivity contribution is 6.34. The van der Waals surface area contributed by atoms with Crippen molar-refractivity contribution in [3.8, 4) is 5.75 Å². The molecule has 0 saturated heterocycles. The van der Waals surface area contributed by atoms with Gasteiger partial charge in [-0.1, -0.05) is 59.6 Å². The Hall–Kier alpha value is -3.68. The second-order valence-electron chi connectivity index (χ2n) is 7.07. The summed E-state index contributed by atoms with van der Waals surface area (Å²) in [6.45, 7) is 0.319. The largest absolute Gasteiger partial charge is 0.423 e. The van der Waals surface area contributed by atoms with Crippen molar-refractivity contribution in [3.05, 3.63) is 99.5 Å². The molecule has 34 heavy (non-hydrogen) atoms. The first-order valence-corrected chi connectivity index (χ1v) is 11.1. The summed E-state index contributed by atoms with van der Waals surface area (Å²) in [5.41, 5.74) is 3.70. The van der Waals surface area contributed by atoms with Crippen molar-refractivity contribution >= 4 is 47.2 Å². The van der Waals surface area contributed by atoms with Gasteiger partial charge < -0.3 is 10.1 Å². The molecular weight excluding hydrogens is 477 g/mol. The number of halogens is 2. The second-order valence-corrected chi connectivity index (χ2v) is 7.89. The lowest BCUT2D eigenvalue weighted by molar-refractivity contribution is -0.121. The van der Waals surface area contributed by atoms with E-state index in [0.29, 0.717) is 39.9 Å². The van der Waals surface area contributed by atoms with Crippen LogP contribution in [0.2, 0.25) is 10.0 Å². The van der Waals surface area contributed by atoms with Gasteiger partial charge in [0.05, 0.1) is 27.4 Å². The van der Waals surface area contributed by atoms with Crippen LogP contribution in [0.3, 0.4) is 0 Å². The molecule has 2 amide bonds. The first-order valence-electron chi connectivity index (χ1n) is 10.4. The van der Waals surface area contributed by atoms with Crippen molar-refractivity contribution in [2.24, 2.45) is 5.10 Å². The van der Waals surface area contributed by atoms with Gasteiger partial charge in [0.1, 0.15) is 5.75 Å². The third-order valence-electron chi connectivity index (χ3n) is 4.55. The van der Waals surface area contributed by atoms with Crippen LogP contribution >= 0.6 is 23.2 Å². The molecule has 0 saturated carbocycles. The van der Waals surface area contributed by atoms with Crippen LogP contribution in [0.25, 0.3) is 0 Å². The highest BCUT2D eigenvalue weighted by Crippen LogP contribution is 2.19. The molecular formula is C25H21Cl2N3O4. The van der Waals surface area contributed by atoms with Crippen molar-refractivity contribution in [2.45, 2.75) is 12.8 Å². The van der Waals surface area contributed by atoms with Crippen LogP contribution in [0.15, 0.2) is 77.9 Å². The Kier molecular flexibility index (Phi) is 9.20. The summed E-state index contributed by atoms with van der Waals surface area (Å²) in [5.74, 6) is -0.854. The molecule has 0 spiro atoms. The maximum atomic E-state index is 12.3. The van der Waals surface area contributed by atoms with Gasteiger partial charge in [0.2, 0.25) is 5.91 Å². The molecule has 0 fully saturated rings. The lowest BCUT2D eigenvalue weighted by atomic mass is 10.2. The molecule has 0 atom stereocenters. The van der Waals surface area contributed by atoms with Crippen molar-refractivity contribution < 1.29 is 19.1 Å². The van der Waals surface area contributed by atoms with Crippen molar-refractivity contribution in [1.82, 2.24) is 10.7 Å². The molecule has 174 valence electrons. The van der Waals surface area contributed by atoms with E-state index in [2.05, 4.69) is 15.8 Å². The van der Waals surface area contributed by atoms with E-state index in [1.807, 2.05) is 0 Å². The van der Waals surface area contributed by atoms with Crippen LogP contribution in [0, 0.1) is 0 Å². The number of ether oxygens (including phenoxy) is 1. The minimum atomic E-state index is -0.574. The minimum Gasteiger partial charge on any atom is -0.423 e. The van der Waals surface area contributed by atoms with E-state index in [4.69, 9.17) is 27.9 Å². The Morgan fingerprint density at radius 1 is 0.882 bits per heavy atom. The normalized spacial score (nSPS) is 10.6. The molecule has 3 rings (SSSR count). The standard InChI is InChI=1S/C25H21Cl2N3O4/c26-21-11-3-1-9-19(21)24(32)28-14-6-13-23(31)30-29-16-17-7-5-8-18(15-17)34-25(33)20-10-2-4-12-22(20)27/h1-5,7-12,15-16H,6,13-14H2,(H,28,32)(H,30,31). The lowest BCUT2D eigenvalue weighted by Gasteiger charge is -2.06. The number of hydrogen-bond acceptors (Lipinski definition) is 5. The van der Waals surface area contributed by atoms with Crippen molar-refractivity contribution in [2.75, 3.05) is 6.54 Å². The molecule has 0 unspecified atom stereocenters. The second kappa shape index (κ2) is 12.5. The van der Waals surface area contributed by atoms with Gasteiger partial charge in [0.15, 0.2) is 0 Å². The van der Waals surface area contributed by atoms with E-state index < -0.39 is 5.97 Å². The van der Waals surface area contributed by atoms with Gasteiger partial charge in [-0.25, -0.2) is 10.2 Å². The third-order valence-corrected chi connectivity index (χ3v) is 5.21. The summed E-state index contributed by atoms with van der Waals surface area (Å²) in [6, 6.07) is 20.0. The molecule has 0 aliphatic carbocycles. The van der Waals surface area contributed by atoms with Crippen LogP contribution in [-0.4, -0.2) is 30.5 Å². The van der Waals surface area contributed by atoms with Gasteiger partial charge >= 0.3 is 5.97 Å². The zero-order valence-electron chi connectivity index (χ0n) is 18.0. The monoisotopic (exact) mass is 497 g/mol.